The summed E-state index contributed by atoms with van der Waals surface area (Å²) in [5, 5.41) is 10.7. The molecule has 1 amide bonds. The van der Waals surface area contributed by atoms with Gasteiger partial charge in [-0.05, 0) is 29.7 Å². The predicted molar refractivity (Wildman–Crippen MR) is 90.2 cm³/mol. The molecule has 0 aromatic heterocycles. The van der Waals surface area contributed by atoms with Gasteiger partial charge in [0.2, 0.25) is 5.91 Å². The molecule has 1 aliphatic heterocycles. The quantitative estimate of drug-likeness (QED) is 0.623. The second-order valence-electron chi connectivity index (χ2n) is 5.33. The number of benzene rings is 2. The molecule has 5 nitrogen and oxygen atoms in total. The van der Waals surface area contributed by atoms with Crippen molar-refractivity contribution >= 4 is 23.4 Å². The molecule has 0 aliphatic carbocycles. The largest absolute Gasteiger partial charge is 0.326 e. The molecule has 3 rings (SSSR count). The second-order valence-corrected chi connectivity index (χ2v) is 6.40. The highest BCUT2D eigenvalue weighted by atomic mass is 32.2. The van der Waals surface area contributed by atoms with Crippen LogP contribution >= 0.6 is 11.8 Å². The lowest BCUT2D eigenvalue weighted by molar-refractivity contribution is -0.384. The van der Waals surface area contributed by atoms with Gasteiger partial charge in [0.1, 0.15) is 5.37 Å². The van der Waals surface area contributed by atoms with Crippen LogP contribution in [-0.4, -0.2) is 28.0 Å². The summed E-state index contributed by atoms with van der Waals surface area (Å²) < 4.78 is 0. The molecule has 0 unspecified atom stereocenters. The van der Waals surface area contributed by atoms with E-state index in [4.69, 9.17) is 0 Å². The van der Waals surface area contributed by atoms with Crippen molar-refractivity contribution in [1.82, 2.24) is 4.90 Å². The molecule has 1 aliphatic rings. The van der Waals surface area contributed by atoms with E-state index >= 15 is 0 Å². The standard InChI is InChI=1S/C17H16N2O3S/c20-16-12-23-17(14-6-8-15(9-7-14)19(21)22)18(16)11-10-13-4-2-1-3-5-13/h1-9,17H,10-12H2/t17-/m1/s1. The number of thioether (sulfide) groups is 1. The van der Waals surface area contributed by atoms with E-state index in [2.05, 4.69) is 12.1 Å². The molecule has 2 aromatic rings. The van der Waals surface area contributed by atoms with E-state index in [-0.39, 0.29) is 17.0 Å². The fraction of sp³-hybridized carbons (Fsp3) is 0.235. The number of hydrogen-bond donors (Lipinski definition) is 0. The summed E-state index contributed by atoms with van der Waals surface area (Å²) in [6.45, 7) is 0.650. The van der Waals surface area contributed by atoms with Gasteiger partial charge < -0.3 is 4.90 Å². The van der Waals surface area contributed by atoms with Crippen LogP contribution < -0.4 is 0 Å². The Morgan fingerprint density at radius 3 is 2.48 bits per heavy atom. The lowest BCUT2D eigenvalue weighted by Gasteiger charge is -2.24. The minimum Gasteiger partial charge on any atom is -0.326 e. The first kappa shape index (κ1) is 15.6. The number of rotatable bonds is 5. The van der Waals surface area contributed by atoms with Crippen molar-refractivity contribution in [2.24, 2.45) is 0 Å². The molecule has 1 heterocycles. The average Bonchev–Trinajstić information content (AvgIpc) is 2.95. The Bertz CT molecular complexity index is 704. The van der Waals surface area contributed by atoms with Crippen LogP contribution in [0.25, 0.3) is 0 Å². The minimum absolute atomic E-state index is 0.0629. The second kappa shape index (κ2) is 6.83. The third kappa shape index (κ3) is 3.53. The Kier molecular flexibility index (Phi) is 4.62. The predicted octanol–water partition coefficient (Wildman–Crippen LogP) is 3.41. The molecule has 1 fully saturated rings. The zero-order valence-electron chi connectivity index (χ0n) is 12.4. The number of nitro groups is 1. The molecular weight excluding hydrogens is 312 g/mol. The van der Waals surface area contributed by atoms with Crippen LogP contribution in [0.5, 0.6) is 0 Å². The highest BCUT2D eigenvalue weighted by Crippen LogP contribution is 2.39. The first-order valence-electron chi connectivity index (χ1n) is 7.34. The number of nitro benzene ring substituents is 1. The van der Waals surface area contributed by atoms with Crippen LogP contribution in [0.3, 0.4) is 0 Å². The van der Waals surface area contributed by atoms with Gasteiger partial charge in [0.15, 0.2) is 0 Å². The molecular formula is C17H16N2O3S. The van der Waals surface area contributed by atoms with Gasteiger partial charge in [-0.2, -0.15) is 0 Å². The molecule has 0 spiro atoms. The van der Waals surface area contributed by atoms with Crippen molar-refractivity contribution in [1.29, 1.82) is 0 Å². The molecule has 0 N–H and O–H groups in total. The van der Waals surface area contributed by atoms with E-state index < -0.39 is 4.92 Å². The Balaban J connectivity index is 1.72. The SMILES string of the molecule is O=C1CS[C@H](c2ccc([N+](=O)[O-])cc2)N1CCc1ccccc1. The first-order valence-corrected chi connectivity index (χ1v) is 8.39. The fourth-order valence-corrected chi connectivity index (χ4v) is 3.85. The summed E-state index contributed by atoms with van der Waals surface area (Å²) in [4.78, 5) is 24.3. The van der Waals surface area contributed by atoms with Crippen molar-refractivity contribution in [3.05, 3.63) is 75.8 Å². The van der Waals surface area contributed by atoms with Crippen molar-refractivity contribution in [2.75, 3.05) is 12.3 Å². The van der Waals surface area contributed by atoms with Gasteiger partial charge >= 0.3 is 0 Å². The maximum Gasteiger partial charge on any atom is 0.269 e. The van der Waals surface area contributed by atoms with Gasteiger partial charge in [-0.3, -0.25) is 14.9 Å². The van der Waals surface area contributed by atoms with Crippen LogP contribution in [-0.2, 0) is 11.2 Å². The van der Waals surface area contributed by atoms with Crippen molar-refractivity contribution < 1.29 is 9.72 Å². The zero-order valence-corrected chi connectivity index (χ0v) is 13.2. The monoisotopic (exact) mass is 328 g/mol. The van der Waals surface area contributed by atoms with Gasteiger partial charge in [-0.25, -0.2) is 0 Å². The lowest BCUT2D eigenvalue weighted by Crippen LogP contribution is -2.30. The Morgan fingerprint density at radius 1 is 1.13 bits per heavy atom. The van der Waals surface area contributed by atoms with Crippen LogP contribution in [0.2, 0.25) is 0 Å². The molecule has 1 atom stereocenters. The summed E-state index contributed by atoms with van der Waals surface area (Å²) in [7, 11) is 0. The zero-order chi connectivity index (χ0) is 16.2. The average molecular weight is 328 g/mol. The van der Waals surface area contributed by atoms with E-state index in [0.29, 0.717) is 12.3 Å². The van der Waals surface area contributed by atoms with Gasteiger partial charge in [-0.15, -0.1) is 11.8 Å². The van der Waals surface area contributed by atoms with Crippen molar-refractivity contribution in [3.63, 3.8) is 0 Å². The molecule has 0 bridgehead atoms. The smallest absolute Gasteiger partial charge is 0.269 e. The highest BCUT2D eigenvalue weighted by molar-refractivity contribution is 8.00. The Morgan fingerprint density at radius 2 is 1.83 bits per heavy atom. The van der Waals surface area contributed by atoms with Gasteiger partial charge in [0.05, 0.1) is 10.7 Å². The topological polar surface area (TPSA) is 63.4 Å². The van der Waals surface area contributed by atoms with Crippen LogP contribution in [0, 0.1) is 10.1 Å². The van der Waals surface area contributed by atoms with Gasteiger partial charge in [-0.1, -0.05) is 30.3 Å². The summed E-state index contributed by atoms with van der Waals surface area (Å²) >= 11 is 1.57. The molecule has 118 valence electrons. The third-order valence-corrected chi connectivity index (χ3v) is 5.10. The molecule has 23 heavy (non-hydrogen) atoms. The van der Waals surface area contributed by atoms with Crippen molar-refractivity contribution in [2.45, 2.75) is 11.8 Å². The number of non-ortho nitro benzene ring substituents is 1. The summed E-state index contributed by atoms with van der Waals surface area (Å²) in [5.41, 5.74) is 2.19. The van der Waals surface area contributed by atoms with Gasteiger partial charge in [0, 0.05) is 18.7 Å². The number of hydrogen-bond acceptors (Lipinski definition) is 4. The van der Waals surface area contributed by atoms with Crippen LogP contribution in [0.4, 0.5) is 5.69 Å². The Hall–Kier alpha value is -2.34. The molecule has 2 aromatic carbocycles. The van der Waals surface area contributed by atoms with E-state index in [9.17, 15) is 14.9 Å². The summed E-state index contributed by atoms with van der Waals surface area (Å²) in [6.07, 6.45) is 0.802. The maximum absolute atomic E-state index is 12.2. The summed E-state index contributed by atoms with van der Waals surface area (Å²) in [6, 6.07) is 16.5. The normalized spacial score (nSPS) is 17.5. The number of carbonyl (C=O) groups is 1. The molecule has 6 heteroatoms. The third-order valence-electron chi connectivity index (χ3n) is 3.84. The highest BCUT2D eigenvalue weighted by Gasteiger charge is 2.32. The minimum atomic E-state index is -0.413. The maximum atomic E-state index is 12.2. The van der Waals surface area contributed by atoms with Crippen molar-refractivity contribution in [3.8, 4) is 0 Å². The fourth-order valence-electron chi connectivity index (χ4n) is 2.63. The summed E-state index contributed by atoms with van der Waals surface area (Å²) in [5.74, 6) is 0.575. The van der Waals surface area contributed by atoms with Gasteiger partial charge in [0.25, 0.3) is 5.69 Å². The number of carbonyl (C=O) groups excluding carboxylic acids is 1. The molecule has 0 saturated carbocycles. The molecule has 1 saturated heterocycles. The van der Waals surface area contributed by atoms with E-state index in [1.807, 2.05) is 23.1 Å². The number of amides is 1. The molecule has 0 radical (unpaired) electrons. The van der Waals surface area contributed by atoms with E-state index in [1.165, 1.54) is 17.7 Å². The van der Waals surface area contributed by atoms with Crippen LogP contribution in [0.15, 0.2) is 54.6 Å². The first-order chi connectivity index (χ1) is 11.1. The van der Waals surface area contributed by atoms with E-state index in [1.54, 1.807) is 23.9 Å². The Labute approximate surface area is 138 Å². The van der Waals surface area contributed by atoms with Crippen LogP contribution in [0.1, 0.15) is 16.5 Å². The number of nitrogens with zero attached hydrogens (tertiary/aromatic N) is 2. The lowest BCUT2D eigenvalue weighted by atomic mass is 10.1. The van der Waals surface area contributed by atoms with E-state index in [0.717, 1.165) is 12.0 Å².